The molecule has 0 fully saturated rings. The molecular weight excluding hydrogens is 356 g/mol. The van der Waals surface area contributed by atoms with E-state index in [2.05, 4.69) is 20.5 Å². The van der Waals surface area contributed by atoms with Crippen molar-refractivity contribution >= 4 is 11.6 Å². The van der Waals surface area contributed by atoms with Crippen molar-refractivity contribution in [2.24, 2.45) is 0 Å². The zero-order valence-electron chi connectivity index (χ0n) is 15.2. The molecule has 1 aromatic carbocycles. The van der Waals surface area contributed by atoms with Crippen LogP contribution in [0.5, 0.6) is 0 Å². The van der Waals surface area contributed by atoms with Crippen LogP contribution in [-0.4, -0.2) is 30.1 Å². The molecule has 1 N–H and O–H groups in total. The van der Waals surface area contributed by atoms with Crippen LogP contribution in [0.3, 0.4) is 0 Å². The van der Waals surface area contributed by atoms with Gasteiger partial charge in [0.1, 0.15) is 6.54 Å². The van der Waals surface area contributed by atoms with Gasteiger partial charge in [0.15, 0.2) is 11.5 Å². The van der Waals surface area contributed by atoms with E-state index < -0.39 is 0 Å². The summed E-state index contributed by atoms with van der Waals surface area (Å²) >= 11 is 0. The van der Waals surface area contributed by atoms with Gasteiger partial charge in [0.25, 0.3) is 5.56 Å². The average Bonchev–Trinajstić information content (AvgIpc) is 3.14. The number of hydrogen-bond acceptors (Lipinski definition) is 5. The van der Waals surface area contributed by atoms with Crippen LogP contribution in [0.1, 0.15) is 18.8 Å². The van der Waals surface area contributed by atoms with Crippen molar-refractivity contribution in [1.82, 2.24) is 29.5 Å². The minimum atomic E-state index is -0.365. The fraction of sp³-hybridized carbons (Fsp3) is 0.150. The van der Waals surface area contributed by atoms with Crippen LogP contribution in [0.15, 0.2) is 71.9 Å². The van der Waals surface area contributed by atoms with Crippen LogP contribution in [0.25, 0.3) is 16.9 Å². The molecule has 3 aromatic heterocycles. The third-order valence-corrected chi connectivity index (χ3v) is 4.36. The predicted octanol–water partition coefficient (Wildman–Crippen LogP) is 1.83. The molecule has 0 spiro atoms. The third kappa shape index (κ3) is 3.52. The molecule has 8 nitrogen and oxygen atoms in total. The van der Waals surface area contributed by atoms with Gasteiger partial charge in [-0.15, -0.1) is 10.2 Å². The summed E-state index contributed by atoms with van der Waals surface area (Å²) in [5, 5.41) is 11.1. The van der Waals surface area contributed by atoms with Crippen molar-refractivity contribution in [3.8, 4) is 11.3 Å². The first-order chi connectivity index (χ1) is 13.6. The van der Waals surface area contributed by atoms with Gasteiger partial charge in [-0.3, -0.25) is 14.0 Å². The largest absolute Gasteiger partial charge is 0.345 e. The summed E-state index contributed by atoms with van der Waals surface area (Å²) < 4.78 is 3.16. The van der Waals surface area contributed by atoms with Gasteiger partial charge in [-0.25, -0.2) is 4.98 Å². The summed E-state index contributed by atoms with van der Waals surface area (Å²) in [4.78, 5) is 28.8. The average molecular weight is 374 g/mol. The number of nitrogens with zero attached hydrogens (tertiary/aromatic N) is 5. The van der Waals surface area contributed by atoms with E-state index in [0.717, 1.165) is 5.56 Å². The number of benzene rings is 1. The van der Waals surface area contributed by atoms with Crippen LogP contribution >= 0.6 is 0 Å². The van der Waals surface area contributed by atoms with Gasteiger partial charge in [-0.2, -0.15) is 0 Å². The molecule has 0 bridgehead atoms. The molecule has 28 heavy (non-hydrogen) atoms. The third-order valence-electron chi connectivity index (χ3n) is 4.36. The van der Waals surface area contributed by atoms with Crippen molar-refractivity contribution in [2.75, 3.05) is 0 Å². The molecule has 0 aliphatic carbocycles. The quantitative estimate of drug-likeness (QED) is 0.575. The van der Waals surface area contributed by atoms with Gasteiger partial charge in [-0.1, -0.05) is 36.4 Å². The van der Waals surface area contributed by atoms with Crippen LogP contribution in [0.4, 0.5) is 0 Å². The summed E-state index contributed by atoms with van der Waals surface area (Å²) in [5.74, 6) is 0.323. The highest BCUT2D eigenvalue weighted by Gasteiger charge is 2.16. The molecule has 0 aliphatic rings. The van der Waals surface area contributed by atoms with E-state index in [-0.39, 0.29) is 24.1 Å². The zero-order valence-corrected chi connectivity index (χ0v) is 15.2. The van der Waals surface area contributed by atoms with Crippen LogP contribution in [0, 0.1) is 0 Å². The Labute approximate surface area is 160 Å². The fourth-order valence-corrected chi connectivity index (χ4v) is 2.99. The van der Waals surface area contributed by atoms with Crippen molar-refractivity contribution in [2.45, 2.75) is 19.5 Å². The normalized spacial score (nSPS) is 12.0. The van der Waals surface area contributed by atoms with E-state index in [1.807, 2.05) is 66.1 Å². The molecule has 1 amide bonds. The Bertz CT molecular complexity index is 1180. The summed E-state index contributed by atoms with van der Waals surface area (Å²) in [5.41, 5.74) is 1.87. The van der Waals surface area contributed by atoms with Crippen molar-refractivity contribution in [3.05, 3.63) is 83.3 Å². The number of carbonyl (C=O) groups excluding carboxylic acids is 1. The molecule has 0 radical (unpaired) electrons. The number of carbonyl (C=O) groups is 1. The lowest BCUT2D eigenvalue weighted by Crippen LogP contribution is -2.34. The van der Waals surface area contributed by atoms with Crippen LogP contribution in [0.2, 0.25) is 0 Å². The van der Waals surface area contributed by atoms with E-state index in [4.69, 9.17) is 0 Å². The maximum atomic E-state index is 12.5. The maximum absolute atomic E-state index is 12.5. The molecule has 140 valence electrons. The Hall–Kier alpha value is -3.81. The number of amides is 1. The SMILES string of the molecule is C[C@@H](NC(=O)Cn1cc(-c2ccccc2)ncc1=O)c1nnc2ccccn12. The highest BCUT2D eigenvalue weighted by atomic mass is 16.2. The Balaban J connectivity index is 1.51. The standard InChI is InChI=1S/C20H18N6O2/c1-14(20-24-23-17-9-5-6-10-26(17)20)22-18(27)13-25-12-16(21-11-19(25)28)15-7-3-2-4-8-15/h2-12,14H,13H2,1H3,(H,22,27)/t14-/m1/s1. The van der Waals surface area contributed by atoms with E-state index in [0.29, 0.717) is 17.2 Å². The van der Waals surface area contributed by atoms with E-state index in [1.54, 1.807) is 6.20 Å². The van der Waals surface area contributed by atoms with E-state index in [9.17, 15) is 9.59 Å². The molecular formula is C20H18N6O2. The van der Waals surface area contributed by atoms with Crippen molar-refractivity contribution < 1.29 is 4.79 Å². The van der Waals surface area contributed by atoms with E-state index >= 15 is 0 Å². The number of nitrogens with one attached hydrogen (secondary N) is 1. The molecule has 1 atom stereocenters. The first-order valence-corrected chi connectivity index (χ1v) is 8.83. The second-order valence-corrected chi connectivity index (χ2v) is 6.38. The topological polar surface area (TPSA) is 94.2 Å². The second-order valence-electron chi connectivity index (χ2n) is 6.38. The monoisotopic (exact) mass is 374 g/mol. The van der Waals surface area contributed by atoms with Crippen LogP contribution in [-0.2, 0) is 11.3 Å². The van der Waals surface area contributed by atoms with Gasteiger partial charge < -0.3 is 9.88 Å². The highest BCUT2D eigenvalue weighted by Crippen LogP contribution is 2.14. The minimum absolute atomic E-state index is 0.109. The number of rotatable bonds is 5. The van der Waals surface area contributed by atoms with Gasteiger partial charge in [0.05, 0.1) is 17.9 Å². The molecule has 0 unspecified atom stereocenters. The summed E-state index contributed by atoms with van der Waals surface area (Å²) in [6, 6.07) is 14.7. The second kappa shape index (κ2) is 7.43. The summed E-state index contributed by atoms with van der Waals surface area (Å²) in [6.45, 7) is 1.72. The lowest BCUT2D eigenvalue weighted by molar-refractivity contribution is -0.122. The van der Waals surface area contributed by atoms with Gasteiger partial charge in [-0.05, 0) is 19.1 Å². The Morgan fingerprint density at radius 2 is 1.89 bits per heavy atom. The molecule has 0 saturated carbocycles. The predicted molar refractivity (Wildman–Crippen MR) is 103 cm³/mol. The molecule has 8 heteroatoms. The zero-order chi connectivity index (χ0) is 19.5. The Morgan fingerprint density at radius 1 is 1.11 bits per heavy atom. The minimum Gasteiger partial charge on any atom is -0.345 e. The molecule has 4 rings (SSSR count). The van der Waals surface area contributed by atoms with Gasteiger partial charge >= 0.3 is 0 Å². The lowest BCUT2D eigenvalue weighted by Gasteiger charge is -2.13. The molecule has 0 aliphatic heterocycles. The van der Waals surface area contributed by atoms with Crippen molar-refractivity contribution in [1.29, 1.82) is 0 Å². The highest BCUT2D eigenvalue weighted by molar-refractivity contribution is 5.76. The van der Waals surface area contributed by atoms with E-state index in [1.165, 1.54) is 10.8 Å². The Morgan fingerprint density at radius 3 is 2.71 bits per heavy atom. The number of aromatic nitrogens is 5. The lowest BCUT2D eigenvalue weighted by atomic mass is 10.2. The summed E-state index contributed by atoms with van der Waals surface area (Å²) in [6.07, 6.45) is 4.66. The molecule has 3 heterocycles. The smallest absolute Gasteiger partial charge is 0.269 e. The number of hydrogen-bond donors (Lipinski definition) is 1. The first kappa shape index (κ1) is 17.6. The van der Waals surface area contributed by atoms with Gasteiger partial charge in [0, 0.05) is 18.0 Å². The molecule has 4 aromatic rings. The first-order valence-electron chi connectivity index (χ1n) is 8.83. The Kier molecular flexibility index (Phi) is 4.67. The number of fused-ring (bicyclic) bond motifs is 1. The number of pyridine rings is 1. The van der Waals surface area contributed by atoms with Gasteiger partial charge in [0.2, 0.25) is 5.91 Å². The maximum Gasteiger partial charge on any atom is 0.269 e. The summed E-state index contributed by atoms with van der Waals surface area (Å²) in [7, 11) is 0. The van der Waals surface area contributed by atoms with Crippen LogP contribution < -0.4 is 10.9 Å². The molecule has 0 saturated heterocycles. The van der Waals surface area contributed by atoms with Crippen molar-refractivity contribution in [3.63, 3.8) is 0 Å². The fourth-order valence-electron chi connectivity index (χ4n) is 2.99.